The molecule has 1 aliphatic carbocycles. The molecule has 1 atom stereocenters. The van der Waals surface area contributed by atoms with Gasteiger partial charge in [-0.25, -0.2) is 4.79 Å². The van der Waals surface area contributed by atoms with Crippen molar-refractivity contribution in [3.63, 3.8) is 0 Å². The molecule has 0 saturated heterocycles. The zero-order valence-corrected chi connectivity index (χ0v) is 9.74. The molecule has 0 saturated carbocycles. The highest BCUT2D eigenvalue weighted by Gasteiger charge is 2.16. The van der Waals surface area contributed by atoms with E-state index in [9.17, 15) is 9.59 Å². The van der Waals surface area contributed by atoms with Crippen molar-refractivity contribution in [3.8, 4) is 0 Å². The number of allylic oxidation sites excluding steroid dienone is 2. The SMILES string of the molecule is CC.CC1=CC(C)CC=C1C(=O)OC=O. The monoisotopic (exact) mass is 210 g/mol. The molecule has 0 aromatic rings. The standard InChI is InChI=1S/C10H12O3.C2H6/c1-7-3-4-9(8(2)5-7)10(12)13-6-11;1-2/h4-7H,3H2,1-2H3;1-2H3. The summed E-state index contributed by atoms with van der Waals surface area (Å²) >= 11 is 0. The van der Waals surface area contributed by atoms with E-state index < -0.39 is 5.97 Å². The quantitative estimate of drug-likeness (QED) is 0.400. The number of carbonyl (C=O) groups excluding carboxylic acids is 2. The van der Waals surface area contributed by atoms with E-state index >= 15 is 0 Å². The molecular formula is C12H18O3. The lowest BCUT2D eigenvalue weighted by Gasteiger charge is -2.14. The Morgan fingerprint density at radius 2 is 2.13 bits per heavy atom. The number of ether oxygens (including phenoxy) is 1. The molecule has 0 aromatic heterocycles. The van der Waals surface area contributed by atoms with E-state index in [0.29, 0.717) is 11.5 Å². The van der Waals surface area contributed by atoms with Crippen molar-refractivity contribution >= 4 is 12.4 Å². The van der Waals surface area contributed by atoms with Crippen molar-refractivity contribution < 1.29 is 14.3 Å². The van der Waals surface area contributed by atoms with Crippen LogP contribution in [0, 0.1) is 5.92 Å². The molecule has 0 bridgehead atoms. The van der Waals surface area contributed by atoms with Crippen LogP contribution in [0.5, 0.6) is 0 Å². The first kappa shape index (κ1) is 13.6. The molecular weight excluding hydrogens is 192 g/mol. The lowest BCUT2D eigenvalue weighted by atomic mass is 9.93. The van der Waals surface area contributed by atoms with Crippen molar-refractivity contribution in [2.75, 3.05) is 0 Å². The second kappa shape index (κ2) is 6.98. The highest BCUT2D eigenvalue weighted by Crippen LogP contribution is 2.22. The molecule has 1 unspecified atom stereocenters. The molecule has 0 aliphatic heterocycles. The summed E-state index contributed by atoms with van der Waals surface area (Å²) in [5.74, 6) is -0.108. The van der Waals surface area contributed by atoms with Gasteiger partial charge in [0.05, 0.1) is 5.57 Å². The molecule has 0 radical (unpaired) electrons. The van der Waals surface area contributed by atoms with Gasteiger partial charge in [0, 0.05) is 0 Å². The second-order valence-corrected chi connectivity index (χ2v) is 3.18. The van der Waals surface area contributed by atoms with Gasteiger partial charge in [0.15, 0.2) is 0 Å². The summed E-state index contributed by atoms with van der Waals surface area (Å²) in [6.07, 6.45) is 4.63. The zero-order valence-electron chi connectivity index (χ0n) is 9.74. The summed E-state index contributed by atoms with van der Waals surface area (Å²) in [6, 6.07) is 0. The fraction of sp³-hybridized carbons (Fsp3) is 0.500. The van der Waals surface area contributed by atoms with Crippen LogP contribution in [0.15, 0.2) is 23.3 Å². The minimum Gasteiger partial charge on any atom is -0.392 e. The predicted molar refractivity (Wildman–Crippen MR) is 59.1 cm³/mol. The van der Waals surface area contributed by atoms with Gasteiger partial charge in [0.25, 0.3) is 0 Å². The Morgan fingerprint density at radius 1 is 1.53 bits per heavy atom. The van der Waals surface area contributed by atoms with E-state index in [1.54, 1.807) is 0 Å². The van der Waals surface area contributed by atoms with E-state index in [0.717, 1.165) is 12.0 Å². The molecule has 0 amide bonds. The first-order valence-corrected chi connectivity index (χ1v) is 5.18. The van der Waals surface area contributed by atoms with Gasteiger partial charge >= 0.3 is 12.4 Å². The average Bonchev–Trinajstić information content (AvgIpc) is 2.21. The van der Waals surface area contributed by atoms with Gasteiger partial charge in [0.1, 0.15) is 0 Å². The Morgan fingerprint density at radius 3 is 2.60 bits per heavy atom. The minimum atomic E-state index is -0.560. The average molecular weight is 210 g/mol. The van der Waals surface area contributed by atoms with Crippen molar-refractivity contribution in [1.29, 1.82) is 0 Å². The number of rotatable bonds is 2. The first-order valence-electron chi connectivity index (χ1n) is 5.18. The summed E-state index contributed by atoms with van der Waals surface area (Å²) in [5.41, 5.74) is 1.39. The molecule has 0 N–H and O–H groups in total. The summed E-state index contributed by atoms with van der Waals surface area (Å²) in [6.45, 7) is 8.07. The topological polar surface area (TPSA) is 43.4 Å². The first-order chi connectivity index (χ1) is 7.15. The highest BCUT2D eigenvalue weighted by atomic mass is 16.6. The molecule has 0 spiro atoms. The summed E-state index contributed by atoms with van der Waals surface area (Å²) in [5, 5.41) is 0. The van der Waals surface area contributed by atoms with Gasteiger partial charge in [0.2, 0.25) is 0 Å². The number of esters is 1. The third-order valence-electron chi connectivity index (χ3n) is 2.03. The minimum absolute atomic E-state index is 0.161. The largest absolute Gasteiger partial charge is 0.392 e. The normalized spacial score (nSPS) is 19.1. The van der Waals surface area contributed by atoms with Gasteiger partial charge in [-0.3, -0.25) is 4.79 Å². The van der Waals surface area contributed by atoms with Crippen LogP contribution in [0.4, 0.5) is 0 Å². The van der Waals surface area contributed by atoms with Gasteiger partial charge in [-0.1, -0.05) is 32.9 Å². The molecule has 0 heterocycles. The van der Waals surface area contributed by atoms with Crippen molar-refractivity contribution in [1.82, 2.24) is 0 Å². The predicted octanol–water partition coefficient (Wildman–Crippen LogP) is 2.62. The second-order valence-electron chi connectivity index (χ2n) is 3.18. The summed E-state index contributed by atoms with van der Waals surface area (Å²) in [4.78, 5) is 21.1. The Labute approximate surface area is 90.8 Å². The zero-order chi connectivity index (χ0) is 11.8. The van der Waals surface area contributed by atoms with Crippen molar-refractivity contribution in [2.24, 2.45) is 5.92 Å². The number of hydrogen-bond acceptors (Lipinski definition) is 3. The molecule has 0 aromatic carbocycles. The number of carbonyl (C=O) groups is 2. The Balaban J connectivity index is 0.000000921. The smallest absolute Gasteiger partial charge is 0.345 e. The van der Waals surface area contributed by atoms with Crippen LogP contribution in [0.1, 0.15) is 34.1 Å². The lowest BCUT2D eigenvalue weighted by molar-refractivity contribution is -0.147. The van der Waals surface area contributed by atoms with E-state index in [4.69, 9.17) is 0 Å². The Hall–Kier alpha value is -1.38. The van der Waals surface area contributed by atoms with Gasteiger partial charge in [-0.2, -0.15) is 0 Å². The molecule has 3 heteroatoms. The maximum atomic E-state index is 11.2. The fourth-order valence-corrected chi connectivity index (χ4v) is 1.40. The van der Waals surface area contributed by atoms with Crippen LogP contribution >= 0.6 is 0 Å². The molecule has 3 nitrogen and oxygen atoms in total. The maximum absolute atomic E-state index is 11.2. The maximum Gasteiger partial charge on any atom is 0.345 e. The molecule has 1 rings (SSSR count). The van der Waals surface area contributed by atoms with Crippen LogP contribution in [0.3, 0.4) is 0 Å². The Kier molecular flexibility index (Phi) is 6.34. The Bertz CT molecular complexity index is 287. The number of hydrogen-bond donors (Lipinski definition) is 0. The summed E-state index contributed by atoms with van der Waals surface area (Å²) in [7, 11) is 0. The highest BCUT2D eigenvalue weighted by molar-refractivity contribution is 5.96. The van der Waals surface area contributed by atoms with E-state index in [-0.39, 0.29) is 6.47 Å². The van der Waals surface area contributed by atoms with Gasteiger partial charge in [-0.15, -0.1) is 0 Å². The van der Waals surface area contributed by atoms with Crippen LogP contribution in [-0.4, -0.2) is 12.4 Å². The van der Waals surface area contributed by atoms with Crippen LogP contribution in [0.25, 0.3) is 0 Å². The van der Waals surface area contributed by atoms with Gasteiger partial charge < -0.3 is 4.74 Å². The lowest BCUT2D eigenvalue weighted by Crippen LogP contribution is -2.11. The van der Waals surface area contributed by atoms with Crippen LogP contribution in [0.2, 0.25) is 0 Å². The summed E-state index contributed by atoms with van der Waals surface area (Å²) < 4.78 is 4.26. The van der Waals surface area contributed by atoms with Crippen molar-refractivity contribution in [3.05, 3.63) is 23.3 Å². The molecule has 15 heavy (non-hydrogen) atoms. The van der Waals surface area contributed by atoms with E-state index in [2.05, 4.69) is 11.7 Å². The molecule has 1 aliphatic rings. The van der Waals surface area contributed by atoms with Crippen LogP contribution < -0.4 is 0 Å². The molecule has 0 fully saturated rings. The molecule has 84 valence electrons. The van der Waals surface area contributed by atoms with Crippen molar-refractivity contribution in [2.45, 2.75) is 34.1 Å². The third kappa shape index (κ3) is 4.11. The fourth-order valence-electron chi connectivity index (χ4n) is 1.40. The third-order valence-corrected chi connectivity index (χ3v) is 2.03. The van der Waals surface area contributed by atoms with Gasteiger partial charge in [-0.05, 0) is 24.8 Å². The van der Waals surface area contributed by atoms with Crippen LogP contribution in [-0.2, 0) is 14.3 Å². The van der Waals surface area contributed by atoms with E-state index in [1.807, 2.05) is 32.9 Å². The van der Waals surface area contributed by atoms with E-state index in [1.165, 1.54) is 0 Å².